The van der Waals surface area contributed by atoms with Gasteiger partial charge in [0.2, 0.25) is 5.91 Å². The molecule has 3 amide bonds. The summed E-state index contributed by atoms with van der Waals surface area (Å²) < 4.78 is 7.56. The fourth-order valence-corrected chi connectivity index (χ4v) is 3.51. The molecule has 0 saturated heterocycles. The average Bonchev–Trinajstić information content (AvgIpc) is 3.31. The molecule has 0 spiro atoms. The number of anilines is 2. The number of ketones is 1. The Bertz CT molecular complexity index is 1200. The number of imidazole rings is 1. The Morgan fingerprint density at radius 2 is 1.76 bits per heavy atom. The maximum atomic E-state index is 13.1. The highest BCUT2D eigenvalue weighted by molar-refractivity contribution is 5.97. The first-order valence-corrected chi connectivity index (χ1v) is 12.0. The van der Waals surface area contributed by atoms with Crippen molar-refractivity contribution in [2.45, 2.75) is 39.0 Å². The van der Waals surface area contributed by atoms with E-state index in [0.29, 0.717) is 24.7 Å². The van der Waals surface area contributed by atoms with E-state index >= 15 is 0 Å². The van der Waals surface area contributed by atoms with E-state index in [2.05, 4.69) is 20.9 Å². The van der Waals surface area contributed by atoms with Gasteiger partial charge in [-0.25, -0.2) is 9.78 Å². The number of nitrogens with one attached hydrogen (secondary N) is 3. The summed E-state index contributed by atoms with van der Waals surface area (Å²) in [7, 11) is 1.55. The Balaban J connectivity index is 1.66. The smallest absolute Gasteiger partial charge is 0.318 e. The van der Waals surface area contributed by atoms with Gasteiger partial charge in [0, 0.05) is 25.4 Å². The van der Waals surface area contributed by atoms with Gasteiger partial charge in [-0.3, -0.25) is 9.59 Å². The lowest BCUT2D eigenvalue weighted by atomic mass is 9.91. The molecule has 0 aliphatic carbocycles. The quantitative estimate of drug-likeness (QED) is 0.297. The lowest BCUT2D eigenvalue weighted by molar-refractivity contribution is -0.130. The number of aromatic nitrogens is 2. The summed E-state index contributed by atoms with van der Waals surface area (Å²) in [5.74, 6) is -1.00. The van der Waals surface area contributed by atoms with E-state index in [-0.39, 0.29) is 30.7 Å². The molecule has 1 aromatic heterocycles. The largest absolute Gasteiger partial charge is 0.376 e. The van der Waals surface area contributed by atoms with Gasteiger partial charge >= 0.3 is 6.03 Å². The van der Waals surface area contributed by atoms with E-state index in [1.54, 1.807) is 44.1 Å². The van der Waals surface area contributed by atoms with Crippen LogP contribution in [-0.2, 0) is 27.5 Å². The molecule has 0 fully saturated rings. The Kier molecular flexibility index (Phi) is 9.53. The zero-order valence-corrected chi connectivity index (χ0v) is 21.4. The van der Waals surface area contributed by atoms with Gasteiger partial charge in [0.05, 0.1) is 37.5 Å². The number of nitrogens with two attached hydrogens (primary N) is 1. The Hall–Kier alpha value is -4.02. The lowest BCUT2D eigenvalue weighted by Gasteiger charge is -2.21. The molecule has 1 atom stereocenters. The average molecular weight is 507 g/mol. The van der Waals surface area contributed by atoms with Crippen LogP contribution in [-0.4, -0.2) is 46.5 Å². The molecule has 0 bridgehead atoms. The van der Waals surface area contributed by atoms with Crippen molar-refractivity contribution < 1.29 is 19.1 Å². The van der Waals surface area contributed by atoms with Crippen LogP contribution in [0.3, 0.4) is 0 Å². The normalized spacial score (nSPS) is 12.0. The molecule has 10 heteroatoms. The van der Waals surface area contributed by atoms with Gasteiger partial charge in [0.25, 0.3) is 0 Å². The van der Waals surface area contributed by atoms with Crippen LogP contribution in [0.4, 0.5) is 16.3 Å². The van der Waals surface area contributed by atoms with Crippen LogP contribution in [0.25, 0.3) is 0 Å². The molecule has 1 unspecified atom stereocenters. The number of nitrogens with zero attached hydrogens (tertiary/aromatic N) is 2. The van der Waals surface area contributed by atoms with E-state index in [1.165, 1.54) is 0 Å². The number of Topliss-reactive ketones (excluding diaryl/α,β-unsaturated/α-hetero) is 1. The van der Waals surface area contributed by atoms with Gasteiger partial charge in [-0.15, -0.1) is 0 Å². The molecule has 3 aromatic rings. The fourth-order valence-electron chi connectivity index (χ4n) is 3.51. The van der Waals surface area contributed by atoms with Gasteiger partial charge in [0.1, 0.15) is 0 Å². The zero-order valence-electron chi connectivity index (χ0n) is 21.4. The van der Waals surface area contributed by atoms with Crippen molar-refractivity contribution in [3.05, 3.63) is 78.2 Å². The topological polar surface area (TPSA) is 140 Å². The summed E-state index contributed by atoms with van der Waals surface area (Å²) in [6.45, 7) is 4.04. The van der Waals surface area contributed by atoms with Crippen molar-refractivity contribution in [3.8, 4) is 0 Å². The van der Waals surface area contributed by atoms with Crippen molar-refractivity contribution in [3.63, 3.8) is 0 Å². The van der Waals surface area contributed by atoms with Crippen LogP contribution in [0.1, 0.15) is 31.4 Å². The summed E-state index contributed by atoms with van der Waals surface area (Å²) in [4.78, 5) is 41.7. The molecule has 0 radical (unpaired) electrons. The second-order valence-corrected chi connectivity index (χ2v) is 9.33. The number of para-hydroxylation sites is 1. The molecular formula is C27H34N6O4. The van der Waals surface area contributed by atoms with Crippen LogP contribution in [0, 0.1) is 5.92 Å². The number of benzene rings is 2. The van der Waals surface area contributed by atoms with E-state index in [1.807, 2.05) is 48.5 Å². The molecule has 1 heterocycles. The van der Waals surface area contributed by atoms with Crippen molar-refractivity contribution in [2.24, 2.45) is 11.7 Å². The van der Waals surface area contributed by atoms with Crippen LogP contribution in [0.5, 0.6) is 0 Å². The number of urea groups is 1. The molecule has 196 valence electrons. The van der Waals surface area contributed by atoms with Crippen LogP contribution >= 0.6 is 0 Å². The first-order valence-electron chi connectivity index (χ1n) is 12.0. The van der Waals surface area contributed by atoms with Crippen molar-refractivity contribution >= 4 is 29.2 Å². The van der Waals surface area contributed by atoms with Crippen LogP contribution < -0.4 is 21.7 Å². The maximum absolute atomic E-state index is 13.1. The standard InChI is InChI=1S/C27H34N6O4/c1-27(2,28)23(34)13-21(17-37-16-19-9-5-4-6-10-19)25(35)32-24-15-33(18-30-24)14-20-11-7-8-12-22(20)31-26(36)29-3/h4-12,15,18,21H,13-14,16-17,28H2,1-3H3,(H,32,35)(H2,29,31,36). The third-order valence-electron chi connectivity index (χ3n) is 5.68. The second kappa shape index (κ2) is 12.8. The number of carbonyl (C=O) groups excluding carboxylic acids is 3. The molecule has 2 aromatic carbocycles. The number of carbonyl (C=O) groups is 3. The predicted octanol–water partition coefficient (Wildman–Crippen LogP) is 3.15. The summed E-state index contributed by atoms with van der Waals surface area (Å²) in [6.07, 6.45) is 3.22. The molecular weight excluding hydrogens is 472 g/mol. The van der Waals surface area contributed by atoms with Crippen molar-refractivity contribution in [1.82, 2.24) is 14.9 Å². The van der Waals surface area contributed by atoms with Crippen LogP contribution in [0.15, 0.2) is 67.1 Å². The number of amides is 3. The van der Waals surface area contributed by atoms with Gasteiger partial charge in [0.15, 0.2) is 11.6 Å². The molecule has 0 aliphatic rings. The number of hydrogen-bond acceptors (Lipinski definition) is 6. The molecule has 0 aliphatic heterocycles. The minimum Gasteiger partial charge on any atom is -0.376 e. The van der Waals surface area contributed by atoms with Crippen LogP contribution in [0.2, 0.25) is 0 Å². The summed E-state index contributed by atoms with van der Waals surface area (Å²) >= 11 is 0. The highest BCUT2D eigenvalue weighted by Gasteiger charge is 2.29. The SMILES string of the molecule is CNC(=O)Nc1ccccc1Cn1cnc(NC(=O)C(COCc2ccccc2)CC(=O)C(C)(C)N)c1. The van der Waals surface area contributed by atoms with Gasteiger partial charge in [-0.1, -0.05) is 48.5 Å². The third-order valence-corrected chi connectivity index (χ3v) is 5.68. The summed E-state index contributed by atoms with van der Waals surface area (Å²) in [5.41, 5.74) is 7.40. The first kappa shape index (κ1) is 27.6. The maximum Gasteiger partial charge on any atom is 0.318 e. The highest BCUT2D eigenvalue weighted by Crippen LogP contribution is 2.19. The predicted molar refractivity (Wildman–Crippen MR) is 142 cm³/mol. The van der Waals surface area contributed by atoms with Crippen molar-refractivity contribution in [1.29, 1.82) is 0 Å². The van der Waals surface area contributed by atoms with Gasteiger partial charge in [-0.05, 0) is 31.0 Å². The molecule has 10 nitrogen and oxygen atoms in total. The van der Waals surface area contributed by atoms with Gasteiger partial charge in [-0.2, -0.15) is 0 Å². The first-order chi connectivity index (χ1) is 17.7. The Labute approximate surface area is 216 Å². The van der Waals surface area contributed by atoms with E-state index in [4.69, 9.17) is 10.5 Å². The number of hydrogen-bond donors (Lipinski definition) is 4. The third kappa shape index (κ3) is 8.55. The van der Waals surface area contributed by atoms with E-state index in [9.17, 15) is 14.4 Å². The number of rotatable bonds is 12. The molecule has 5 N–H and O–H groups in total. The van der Waals surface area contributed by atoms with Gasteiger partial charge < -0.3 is 31.0 Å². The molecule has 0 saturated carbocycles. The van der Waals surface area contributed by atoms with E-state index < -0.39 is 11.5 Å². The zero-order chi connectivity index (χ0) is 26.8. The van der Waals surface area contributed by atoms with Crippen molar-refractivity contribution in [2.75, 3.05) is 24.3 Å². The Morgan fingerprint density at radius 1 is 1.05 bits per heavy atom. The minimum absolute atomic E-state index is 0.0522. The second-order valence-electron chi connectivity index (χ2n) is 9.33. The Morgan fingerprint density at radius 3 is 2.46 bits per heavy atom. The monoisotopic (exact) mass is 506 g/mol. The highest BCUT2D eigenvalue weighted by atomic mass is 16.5. The number of ether oxygens (including phenoxy) is 1. The fraction of sp³-hybridized carbons (Fsp3) is 0.333. The minimum atomic E-state index is -1.06. The molecule has 3 rings (SSSR count). The lowest BCUT2D eigenvalue weighted by Crippen LogP contribution is -2.44. The summed E-state index contributed by atoms with van der Waals surface area (Å²) in [5, 5.41) is 8.10. The summed E-state index contributed by atoms with van der Waals surface area (Å²) in [6, 6.07) is 16.7. The molecule has 37 heavy (non-hydrogen) atoms. The van der Waals surface area contributed by atoms with E-state index in [0.717, 1.165) is 11.1 Å².